The zero-order valence-corrected chi connectivity index (χ0v) is 6.26. The third kappa shape index (κ3) is 1.48. The minimum atomic E-state index is -0.477. The number of hydrogen-bond acceptors (Lipinski definition) is 2. The fraction of sp³-hybridized carbons (Fsp3) is 0.714. The first kappa shape index (κ1) is 7.54. The first-order valence-electron chi connectivity index (χ1n) is 3.28. The van der Waals surface area contributed by atoms with Crippen LogP contribution < -0.4 is 5.73 Å². The van der Waals surface area contributed by atoms with Gasteiger partial charge in [-0.25, -0.2) is 0 Å². The van der Waals surface area contributed by atoms with Gasteiger partial charge in [0.2, 0.25) is 5.91 Å². The van der Waals surface area contributed by atoms with Crippen molar-refractivity contribution in [1.29, 1.82) is 0 Å². The number of carbonyl (C=O) groups is 1. The molecule has 0 aromatic rings. The van der Waals surface area contributed by atoms with Crippen LogP contribution in [0.1, 0.15) is 13.8 Å². The third-order valence-electron chi connectivity index (χ3n) is 1.52. The summed E-state index contributed by atoms with van der Waals surface area (Å²) in [6, 6.07) is 0. The van der Waals surface area contributed by atoms with Crippen molar-refractivity contribution >= 4 is 5.91 Å². The average molecular weight is 142 g/mol. The van der Waals surface area contributed by atoms with Gasteiger partial charge in [0.25, 0.3) is 0 Å². The van der Waals surface area contributed by atoms with E-state index >= 15 is 0 Å². The predicted molar refractivity (Wildman–Crippen MR) is 37.0 cm³/mol. The van der Waals surface area contributed by atoms with Crippen molar-refractivity contribution in [3.8, 4) is 0 Å². The topological polar surface area (TPSA) is 52.3 Å². The molecule has 1 fully saturated rings. The van der Waals surface area contributed by atoms with Crippen LogP contribution in [0.2, 0.25) is 0 Å². The second kappa shape index (κ2) is 2.23. The second-order valence-electron chi connectivity index (χ2n) is 3.29. The van der Waals surface area contributed by atoms with Crippen LogP contribution in [0.25, 0.3) is 0 Å². The van der Waals surface area contributed by atoms with Gasteiger partial charge in [-0.05, 0) is 5.41 Å². The maximum absolute atomic E-state index is 10.6. The lowest BCUT2D eigenvalue weighted by Crippen LogP contribution is -2.28. The summed E-state index contributed by atoms with van der Waals surface area (Å²) in [7, 11) is 0. The molecule has 1 saturated heterocycles. The fourth-order valence-electron chi connectivity index (χ4n) is 0.975. The van der Waals surface area contributed by atoms with Gasteiger partial charge in [-0.2, -0.15) is 0 Å². The van der Waals surface area contributed by atoms with Gasteiger partial charge in [0, 0.05) is 6.42 Å². The van der Waals surface area contributed by atoms with E-state index in [0.717, 1.165) is 0 Å². The van der Waals surface area contributed by atoms with Gasteiger partial charge in [-0.1, -0.05) is 13.8 Å². The van der Waals surface area contributed by atoms with E-state index in [0.29, 0.717) is 6.61 Å². The fourth-order valence-corrected chi connectivity index (χ4v) is 0.975. The molecule has 1 amide bonds. The molecule has 3 heteroatoms. The zero-order chi connectivity index (χ0) is 7.78. The maximum Gasteiger partial charge on any atom is 0.246 e. The Morgan fingerprint density at radius 1 is 1.80 bits per heavy atom. The molecular formula is C7H12NO2. The lowest BCUT2D eigenvalue weighted by atomic mass is 9.90. The van der Waals surface area contributed by atoms with Crippen molar-refractivity contribution in [3.05, 3.63) is 6.42 Å². The lowest BCUT2D eigenvalue weighted by molar-refractivity contribution is -0.125. The number of primary amides is 1. The van der Waals surface area contributed by atoms with Crippen molar-refractivity contribution in [1.82, 2.24) is 0 Å². The number of hydrogen-bond donors (Lipinski definition) is 1. The summed E-state index contributed by atoms with van der Waals surface area (Å²) in [5.74, 6) is -0.398. The maximum atomic E-state index is 10.6. The van der Waals surface area contributed by atoms with Crippen molar-refractivity contribution in [3.63, 3.8) is 0 Å². The minimum absolute atomic E-state index is 0.000301. The van der Waals surface area contributed by atoms with E-state index in [2.05, 4.69) is 0 Å². The minimum Gasteiger partial charge on any atom is -0.368 e. The molecule has 0 spiro atoms. The highest BCUT2D eigenvalue weighted by Gasteiger charge is 2.35. The molecule has 0 aromatic carbocycles. The highest BCUT2D eigenvalue weighted by Crippen LogP contribution is 2.29. The number of carbonyl (C=O) groups excluding carboxylic acids is 1. The molecular weight excluding hydrogens is 130 g/mol. The second-order valence-corrected chi connectivity index (χ2v) is 3.29. The van der Waals surface area contributed by atoms with Gasteiger partial charge in [0.1, 0.15) is 6.10 Å². The smallest absolute Gasteiger partial charge is 0.246 e. The highest BCUT2D eigenvalue weighted by atomic mass is 16.5. The van der Waals surface area contributed by atoms with Crippen LogP contribution in [0.4, 0.5) is 0 Å². The van der Waals surface area contributed by atoms with Gasteiger partial charge in [-0.3, -0.25) is 4.79 Å². The predicted octanol–water partition coefficient (Wildman–Crippen LogP) is 0.101. The molecule has 0 saturated carbocycles. The van der Waals surface area contributed by atoms with Gasteiger partial charge in [0.15, 0.2) is 0 Å². The Labute approximate surface area is 60.5 Å². The zero-order valence-electron chi connectivity index (χ0n) is 6.26. The van der Waals surface area contributed by atoms with Crippen LogP contribution in [0.5, 0.6) is 0 Å². The number of ether oxygens (including phenoxy) is 1. The Kier molecular flexibility index (Phi) is 1.68. The molecule has 10 heavy (non-hydrogen) atoms. The molecule has 2 N–H and O–H groups in total. The first-order chi connectivity index (χ1) is 4.51. The van der Waals surface area contributed by atoms with Crippen LogP contribution in [-0.2, 0) is 9.53 Å². The van der Waals surface area contributed by atoms with Gasteiger partial charge < -0.3 is 10.5 Å². The Morgan fingerprint density at radius 2 is 2.40 bits per heavy atom. The molecule has 1 aliphatic heterocycles. The van der Waals surface area contributed by atoms with Gasteiger partial charge in [-0.15, -0.1) is 0 Å². The van der Waals surface area contributed by atoms with E-state index in [1.807, 2.05) is 20.3 Å². The molecule has 1 heterocycles. The summed E-state index contributed by atoms with van der Waals surface area (Å²) in [5, 5.41) is 0. The largest absolute Gasteiger partial charge is 0.368 e. The Hall–Kier alpha value is -0.570. The van der Waals surface area contributed by atoms with E-state index < -0.39 is 12.0 Å². The van der Waals surface area contributed by atoms with E-state index in [4.69, 9.17) is 10.5 Å². The quantitative estimate of drug-likeness (QED) is 0.564. The molecule has 1 radical (unpaired) electrons. The lowest BCUT2D eigenvalue weighted by Gasteiger charge is -2.11. The SMILES string of the molecule is CC1(C)[CH]C(C(N)=O)OC1. The van der Waals surface area contributed by atoms with E-state index in [1.54, 1.807) is 0 Å². The molecule has 0 bridgehead atoms. The van der Waals surface area contributed by atoms with Gasteiger partial charge >= 0.3 is 0 Å². The summed E-state index contributed by atoms with van der Waals surface area (Å²) in [6.45, 7) is 4.60. The Bertz CT molecular complexity index is 154. The Balaban J connectivity index is 2.51. The molecule has 57 valence electrons. The van der Waals surface area contributed by atoms with E-state index in [-0.39, 0.29) is 5.41 Å². The highest BCUT2D eigenvalue weighted by molar-refractivity contribution is 5.80. The van der Waals surface area contributed by atoms with Crippen LogP contribution in [0, 0.1) is 11.8 Å². The van der Waals surface area contributed by atoms with Crippen LogP contribution in [0.3, 0.4) is 0 Å². The van der Waals surface area contributed by atoms with Crippen LogP contribution in [0.15, 0.2) is 0 Å². The Morgan fingerprint density at radius 3 is 2.60 bits per heavy atom. The van der Waals surface area contributed by atoms with Crippen molar-refractivity contribution in [2.45, 2.75) is 20.0 Å². The monoisotopic (exact) mass is 142 g/mol. The van der Waals surface area contributed by atoms with Crippen LogP contribution >= 0.6 is 0 Å². The van der Waals surface area contributed by atoms with Crippen molar-refractivity contribution in [2.75, 3.05) is 6.61 Å². The first-order valence-corrected chi connectivity index (χ1v) is 3.28. The van der Waals surface area contributed by atoms with Crippen molar-refractivity contribution in [2.24, 2.45) is 11.1 Å². The molecule has 1 atom stereocenters. The molecule has 0 aromatic heterocycles. The summed E-state index contributed by atoms with van der Waals surface area (Å²) in [4.78, 5) is 10.6. The molecule has 3 nitrogen and oxygen atoms in total. The van der Waals surface area contributed by atoms with E-state index in [9.17, 15) is 4.79 Å². The summed E-state index contributed by atoms with van der Waals surface area (Å²) >= 11 is 0. The van der Waals surface area contributed by atoms with Crippen molar-refractivity contribution < 1.29 is 9.53 Å². The molecule has 1 rings (SSSR count). The molecule has 1 aliphatic rings. The number of amides is 1. The summed E-state index contributed by atoms with van der Waals surface area (Å²) in [5.41, 5.74) is 5.02. The summed E-state index contributed by atoms with van der Waals surface area (Å²) in [6.07, 6.45) is 1.37. The number of nitrogens with two attached hydrogens (primary N) is 1. The normalized spacial score (nSPS) is 30.4. The van der Waals surface area contributed by atoms with Gasteiger partial charge in [0.05, 0.1) is 6.61 Å². The van der Waals surface area contributed by atoms with Crippen LogP contribution in [-0.4, -0.2) is 18.6 Å². The standard InChI is InChI=1S/C7H12NO2/c1-7(2)3-5(6(8)9)10-4-7/h3,5H,4H2,1-2H3,(H2,8,9). The molecule has 1 unspecified atom stereocenters. The van der Waals surface area contributed by atoms with E-state index in [1.165, 1.54) is 0 Å². The summed E-state index contributed by atoms with van der Waals surface area (Å²) < 4.78 is 5.10. The molecule has 0 aliphatic carbocycles. The number of rotatable bonds is 1. The third-order valence-corrected chi connectivity index (χ3v) is 1.52. The average Bonchev–Trinajstić information content (AvgIpc) is 2.10.